The van der Waals surface area contributed by atoms with Crippen LogP contribution in [0.2, 0.25) is 20.1 Å². The molecule has 2 unspecified atom stereocenters. The van der Waals surface area contributed by atoms with Crippen LogP contribution < -0.4 is 21.3 Å². The molecule has 14 nitrogen and oxygen atoms in total. The number of aryl methyl sites for hydroxylation is 2. The monoisotopic (exact) mass is 1020 g/mol. The number of hydrogen-bond donors (Lipinski definition) is 4. The number of hydrogen-bond acceptors (Lipinski definition) is 10. The van der Waals surface area contributed by atoms with Crippen LogP contribution in [0.15, 0.2) is 105 Å². The number of nitrogens with one attached hydrogen (secondary N) is 4. The Balaban J connectivity index is 1.28. The first-order valence-corrected chi connectivity index (χ1v) is 20.8. The molecule has 0 aliphatic rings. The van der Waals surface area contributed by atoms with Gasteiger partial charge in [-0.1, -0.05) is 46.4 Å². The fraction of sp³-hybridized carbons (Fsp3) is 0.182. The molecule has 0 aliphatic heterocycles. The van der Waals surface area contributed by atoms with Crippen molar-refractivity contribution < 1.29 is 55.1 Å². The van der Waals surface area contributed by atoms with Crippen molar-refractivity contribution in [3.8, 4) is 0 Å². The number of halogens is 10. The third kappa shape index (κ3) is 13.2. The molecule has 0 aromatic heterocycles. The van der Waals surface area contributed by atoms with Gasteiger partial charge in [0.25, 0.3) is 23.6 Å². The summed E-state index contributed by atoms with van der Waals surface area (Å²) in [4.78, 5) is 78.0. The van der Waals surface area contributed by atoms with Crippen molar-refractivity contribution in [2.75, 3.05) is 21.3 Å². The standard InChI is InChI=1S/C44H32Cl4F6N8O6/c1-19-13-27(55-41(67)37(21(3)63)61-59-34-15-23(5-11-30(34)47)39(65)56-32-17-25(45)7-9-28(32)43(49,50)51)14-20(2)36(19)58-42(68)38(22(4)64)62-60-35-16-24(6-12-31(35)48)40(66)57-33-18-26(46)8-10-29(33)44(52,53)54/h5-18,37-38H,1-4H3,(H,55,67)(H,56,65)(H,57,66)(H,58,68). The van der Waals surface area contributed by atoms with E-state index in [0.717, 1.165) is 50.2 Å². The van der Waals surface area contributed by atoms with E-state index in [4.69, 9.17) is 46.4 Å². The number of Topliss-reactive ketones (excluding diaryl/α,β-unsaturated/α-hetero) is 2. The quantitative estimate of drug-likeness (QED) is 0.0484. The van der Waals surface area contributed by atoms with E-state index >= 15 is 0 Å². The second-order valence-electron chi connectivity index (χ2n) is 14.5. The topological polar surface area (TPSA) is 200 Å². The molecule has 5 aromatic carbocycles. The Labute approximate surface area is 401 Å². The molecule has 24 heteroatoms. The molecule has 68 heavy (non-hydrogen) atoms. The second kappa shape index (κ2) is 21.5. The van der Waals surface area contributed by atoms with Gasteiger partial charge in [-0.3, -0.25) is 28.8 Å². The molecule has 4 N–H and O–H groups in total. The van der Waals surface area contributed by atoms with E-state index < -0.39 is 82.1 Å². The molecule has 2 atom stereocenters. The number of azo groups is 2. The molecule has 0 saturated heterocycles. The molecule has 0 spiro atoms. The molecule has 0 bridgehead atoms. The Bertz CT molecular complexity index is 2910. The maximum absolute atomic E-state index is 13.6. The van der Waals surface area contributed by atoms with Crippen LogP contribution in [0.25, 0.3) is 0 Å². The van der Waals surface area contributed by atoms with Crippen molar-refractivity contribution in [2.24, 2.45) is 20.5 Å². The first kappa shape index (κ1) is 52.2. The first-order chi connectivity index (χ1) is 31.7. The molecule has 0 radical (unpaired) electrons. The minimum atomic E-state index is -4.82. The summed E-state index contributed by atoms with van der Waals surface area (Å²) in [7, 11) is 0. The third-order valence-corrected chi connectivity index (χ3v) is 10.5. The number of ketones is 2. The predicted octanol–water partition coefficient (Wildman–Crippen LogP) is 12.8. The lowest BCUT2D eigenvalue weighted by atomic mass is 10.1. The Morgan fingerprint density at radius 2 is 0.897 bits per heavy atom. The highest BCUT2D eigenvalue weighted by atomic mass is 35.5. The van der Waals surface area contributed by atoms with Crippen molar-refractivity contribution in [2.45, 2.75) is 52.1 Å². The maximum Gasteiger partial charge on any atom is 0.418 e. The van der Waals surface area contributed by atoms with Crippen molar-refractivity contribution in [3.05, 3.63) is 138 Å². The highest BCUT2D eigenvalue weighted by Gasteiger charge is 2.35. The molecule has 0 heterocycles. The maximum atomic E-state index is 13.6. The molecule has 5 aromatic rings. The van der Waals surface area contributed by atoms with Gasteiger partial charge in [0.05, 0.1) is 32.5 Å². The fourth-order valence-corrected chi connectivity index (χ4v) is 6.75. The number of alkyl halides is 6. The van der Waals surface area contributed by atoms with Gasteiger partial charge in [-0.25, -0.2) is 0 Å². The van der Waals surface area contributed by atoms with Gasteiger partial charge in [-0.05, 0) is 124 Å². The summed E-state index contributed by atoms with van der Waals surface area (Å²) < 4.78 is 81.4. The van der Waals surface area contributed by atoms with Crippen LogP contribution in [0.1, 0.15) is 56.8 Å². The molecular weight excluding hydrogens is 992 g/mol. The fourth-order valence-electron chi connectivity index (χ4n) is 6.10. The first-order valence-electron chi connectivity index (χ1n) is 19.2. The van der Waals surface area contributed by atoms with Crippen molar-refractivity contribution >= 4 is 116 Å². The van der Waals surface area contributed by atoms with E-state index in [2.05, 4.69) is 41.7 Å². The van der Waals surface area contributed by atoms with E-state index in [1.807, 2.05) is 0 Å². The van der Waals surface area contributed by atoms with Gasteiger partial charge in [0.15, 0.2) is 11.6 Å². The van der Waals surface area contributed by atoms with Crippen LogP contribution in [0.3, 0.4) is 0 Å². The predicted molar refractivity (Wildman–Crippen MR) is 243 cm³/mol. The summed E-state index contributed by atoms with van der Waals surface area (Å²) in [5, 5.41) is 24.5. The minimum Gasteiger partial charge on any atom is -0.324 e. The number of amides is 4. The van der Waals surface area contributed by atoms with E-state index in [9.17, 15) is 55.1 Å². The number of rotatable bonds is 14. The molecular formula is C44H32Cl4F6N8O6. The zero-order chi connectivity index (χ0) is 50.4. The van der Waals surface area contributed by atoms with E-state index in [1.165, 1.54) is 36.4 Å². The molecule has 4 amide bonds. The Morgan fingerprint density at radius 3 is 1.26 bits per heavy atom. The Morgan fingerprint density at radius 1 is 0.515 bits per heavy atom. The lowest BCUT2D eigenvalue weighted by Crippen LogP contribution is -2.33. The lowest BCUT2D eigenvalue weighted by Gasteiger charge is -2.17. The minimum absolute atomic E-state index is 0.0745. The molecule has 0 saturated carbocycles. The Kier molecular flexibility index (Phi) is 16.5. The number of anilines is 4. The van der Waals surface area contributed by atoms with Gasteiger partial charge in [0.2, 0.25) is 12.1 Å². The average Bonchev–Trinajstić information content (AvgIpc) is 3.22. The highest BCUT2D eigenvalue weighted by molar-refractivity contribution is 6.34. The average molecular weight is 1020 g/mol. The molecule has 5 rings (SSSR count). The van der Waals surface area contributed by atoms with E-state index in [1.54, 1.807) is 13.8 Å². The van der Waals surface area contributed by atoms with Crippen molar-refractivity contribution in [1.29, 1.82) is 0 Å². The largest absolute Gasteiger partial charge is 0.418 e. The summed E-state index contributed by atoms with van der Waals surface area (Å²) in [5.74, 6) is -5.46. The number of nitrogens with zero attached hydrogens (tertiary/aromatic N) is 4. The van der Waals surface area contributed by atoms with Crippen LogP contribution in [-0.2, 0) is 31.5 Å². The Hall–Kier alpha value is -6.74. The molecule has 354 valence electrons. The SMILES string of the molecule is CC(=O)C(N=Nc1cc(C(=O)Nc2cc(Cl)ccc2C(F)(F)F)ccc1Cl)C(=O)Nc1cc(C)c(NC(=O)C(N=Nc2cc(C(=O)Nc3cc(Cl)ccc3C(F)(F)F)ccc2Cl)C(C)=O)c(C)c1. The smallest absolute Gasteiger partial charge is 0.324 e. The number of benzene rings is 5. The van der Waals surface area contributed by atoms with Crippen LogP contribution in [0.5, 0.6) is 0 Å². The van der Waals surface area contributed by atoms with Gasteiger partial charge in [0.1, 0.15) is 11.4 Å². The van der Waals surface area contributed by atoms with Crippen LogP contribution in [0, 0.1) is 13.8 Å². The van der Waals surface area contributed by atoms with Gasteiger partial charge in [-0.2, -0.15) is 46.8 Å². The zero-order valence-corrected chi connectivity index (χ0v) is 38.3. The third-order valence-electron chi connectivity index (χ3n) is 9.36. The second-order valence-corrected chi connectivity index (χ2v) is 16.2. The summed E-state index contributed by atoms with van der Waals surface area (Å²) in [6.07, 6.45) is -9.64. The molecule has 0 aliphatic carbocycles. The summed E-state index contributed by atoms with van der Waals surface area (Å²) in [6.45, 7) is 5.20. The number of carbonyl (C=O) groups excluding carboxylic acids is 6. The van der Waals surface area contributed by atoms with Crippen molar-refractivity contribution in [3.63, 3.8) is 0 Å². The van der Waals surface area contributed by atoms with Gasteiger partial charge in [0, 0.05) is 32.5 Å². The van der Waals surface area contributed by atoms with E-state index in [-0.39, 0.29) is 54.0 Å². The van der Waals surface area contributed by atoms with Crippen LogP contribution >= 0.6 is 46.4 Å². The van der Waals surface area contributed by atoms with Crippen LogP contribution in [0.4, 0.5) is 60.5 Å². The summed E-state index contributed by atoms with van der Waals surface area (Å²) >= 11 is 24.2. The highest BCUT2D eigenvalue weighted by Crippen LogP contribution is 2.38. The van der Waals surface area contributed by atoms with Crippen molar-refractivity contribution in [1.82, 2.24) is 0 Å². The van der Waals surface area contributed by atoms with Gasteiger partial charge in [-0.15, -0.1) is 0 Å². The molecule has 0 fully saturated rings. The summed E-state index contributed by atoms with van der Waals surface area (Å²) in [5.41, 5.74) is -3.35. The van der Waals surface area contributed by atoms with Gasteiger partial charge >= 0.3 is 12.4 Å². The summed E-state index contributed by atoms with van der Waals surface area (Å²) in [6, 6.07) is 11.5. The number of carbonyl (C=O) groups is 6. The lowest BCUT2D eigenvalue weighted by molar-refractivity contribution is -0.137. The van der Waals surface area contributed by atoms with Gasteiger partial charge < -0.3 is 21.3 Å². The van der Waals surface area contributed by atoms with E-state index in [0.29, 0.717) is 23.3 Å². The normalized spacial score (nSPS) is 12.7. The zero-order valence-electron chi connectivity index (χ0n) is 35.3. The van der Waals surface area contributed by atoms with Crippen LogP contribution in [-0.4, -0.2) is 47.3 Å².